The maximum atomic E-state index is 6.25. The van der Waals surface area contributed by atoms with Crippen molar-refractivity contribution >= 4 is 23.4 Å². The van der Waals surface area contributed by atoms with Crippen LogP contribution in [0.15, 0.2) is 52.3 Å². The molecule has 0 saturated carbocycles. The molecule has 0 heterocycles. The van der Waals surface area contributed by atoms with E-state index in [1.165, 1.54) is 15.4 Å². The summed E-state index contributed by atoms with van der Waals surface area (Å²) in [4.78, 5) is 2.45. The third-order valence-electron chi connectivity index (χ3n) is 2.68. The summed E-state index contributed by atoms with van der Waals surface area (Å²) in [5, 5.41) is 3.98. The second kappa shape index (κ2) is 6.28. The predicted octanol–water partition coefficient (Wildman–Crippen LogP) is 4.52. The average Bonchev–Trinajstić information content (AvgIpc) is 2.36. The molecule has 0 amide bonds. The second-order valence-corrected chi connectivity index (χ2v) is 5.68. The molecule has 18 heavy (non-hydrogen) atoms. The van der Waals surface area contributed by atoms with Crippen molar-refractivity contribution < 1.29 is 0 Å². The molecule has 2 aromatic rings. The van der Waals surface area contributed by atoms with Gasteiger partial charge >= 0.3 is 0 Å². The summed E-state index contributed by atoms with van der Waals surface area (Å²) < 4.78 is 0. The maximum Gasteiger partial charge on any atom is 0.0462 e. The molecule has 3 heteroatoms. The summed E-state index contributed by atoms with van der Waals surface area (Å²) in [5.74, 6) is 0. The van der Waals surface area contributed by atoms with Crippen LogP contribution in [0, 0.1) is 6.92 Å². The van der Waals surface area contributed by atoms with Gasteiger partial charge < -0.3 is 5.32 Å². The minimum absolute atomic E-state index is 0.786. The van der Waals surface area contributed by atoms with Crippen molar-refractivity contribution in [2.24, 2.45) is 0 Å². The number of aryl methyl sites for hydroxylation is 1. The lowest BCUT2D eigenvalue weighted by molar-refractivity contribution is 0.803. The van der Waals surface area contributed by atoms with Gasteiger partial charge in [0.15, 0.2) is 0 Å². The maximum absolute atomic E-state index is 6.25. The Kier molecular flexibility index (Phi) is 4.70. The average molecular weight is 278 g/mol. The number of halogens is 1. The predicted molar refractivity (Wildman–Crippen MR) is 79.5 cm³/mol. The van der Waals surface area contributed by atoms with Crippen molar-refractivity contribution in [1.29, 1.82) is 0 Å². The van der Waals surface area contributed by atoms with Crippen LogP contribution in [0.2, 0.25) is 5.02 Å². The Hall–Kier alpha value is -0.960. The summed E-state index contributed by atoms with van der Waals surface area (Å²) in [7, 11) is 1.93. The molecular weight excluding hydrogens is 262 g/mol. The highest BCUT2D eigenvalue weighted by atomic mass is 35.5. The number of rotatable bonds is 4. The number of benzene rings is 2. The van der Waals surface area contributed by atoms with Gasteiger partial charge in [0.1, 0.15) is 0 Å². The molecule has 0 aliphatic carbocycles. The molecule has 2 rings (SSSR count). The molecule has 2 aromatic carbocycles. The van der Waals surface area contributed by atoms with E-state index in [4.69, 9.17) is 11.6 Å². The highest BCUT2D eigenvalue weighted by Gasteiger charge is 2.07. The fraction of sp³-hybridized carbons (Fsp3) is 0.200. The standard InChI is InChI=1S/C15H16ClNS/c1-11-6-8-12(9-7-11)18-15-5-3-4-14(16)13(15)10-17-2/h3-9,17H,10H2,1-2H3. The Bertz CT molecular complexity index is 523. The molecule has 0 spiro atoms. The van der Waals surface area contributed by atoms with E-state index in [0.717, 1.165) is 17.1 Å². The van der Waals surface area contributed by atoms with Crippen LogP contribution < -0.4 is 5.32 Å². The summed E-state index contributed by atoms with van der Waals surface area (Å²) in [6.45, 7) is 2.88. The summed E-state index contributed by atoms with van der Waals surface area (Å²) in [6.07, 6.45) is 0. The Morgan fingerprint density at radius 1 is 1.11 bits per heavy atom. The normalized spacial score (nSPS) is 10.6. The smallest absolute Gasteiger partial charge is 0.0462 e. The van der Waals surface area contributed by atoms with E-state index in [9.17, 15) is 0 Å². The molecule has 0 aliphatic rings. The number of hydrogen-bond acceptors (Lipinski definition) is 2. The van der Waals surface area contributed by atoms with Gasteiger partial charge in [0.2, 0.25) is 0 Å². The van der Waals surface area contributed by atoms with Crippen molar-refractivity contribution in [3.05, 3.63) is 58.6 Å². The monoisotopic (exact) mass is 277 g/mol. The fourth-order valence-corrected chi connectivity index (χ4v) is 2.99. The first kappa shape index (κ1) is 13.5. The van der Waals surface area contributed by atoms with Crippen LogP contribution in [0.25, 0.3) is 0 Å². The lowest BCUT2D eigenvalue weighted by Crippen LogP contribution is -2.06. The van der Waals surface area contributed by atoms with E-state index in [2.05, 4.69) is 42.6 Å². The molecule has 0 aromatic heterocycles. The lowest BCUT2D eigenvalue weighted by atomic mass is 10.2. The van der Waals surface area contributed by atoms with Crippen LogP contribution in [0.1, 0.15) is 11.1 Å². The Morgan fingerprint density at radius 2 is 1.83 bits per heavy atom. The molecule has 0 bridgehead atoms. The van der Waals surface area contributed by atoms with Crippen LogP contribution in [-0.4, -0.2) is 7.05 Å². The van der Waals surface area contributed by atoms with Gasteiger partial charge in [0.25, 0.3) is 0 Å². The van der Waals surface area contributed by atoms with Gasteiger partial charge in [-0.05, 0) is 43.8 Å². The number of hydrogen-bond donors (Lipinski definition) is 1. The van der Waals surface area contributed by atoms with Crippen LogP contribution >= 0.6 is 23.4 Å². The van der Waals surface area contributed by atoms with Gasteiger partial charge in [-0.15, -0.1) is 0 Å². The van der Waals surface area contributed by atoms with E-state index in [1.54, 1.807) is 11.8 Å². The zero-order valence-corrected chi connectivity index (χ0v) is 12.1. The number of nitrogens with one attached hydrogen (secondary N) is 1. The zero-order valence-electron chi connectivity index (χ0n) is 10.5. The summed E-state index contributed by atoms with van der Waals surface area (Å²) in [6, 6.07) is 14.6. The first-order valence-corrected chi connectivity index (χ1v) is 7.06. The van der Waals surface area contributed by atoms with Crippen LogP contribution in [-0.2, 0) is 6.54 Å². The first-order chi connectivity index (χ1) is 8.70. The molecule has 0 unspecified atom stereocenters. The topological polar surface area (TPSA) is 12.0 Å². The van der Waals surface area contributed by atoms with E-state index in [1.807, 2.05) is 19.2 Å². The molecule has 94 valence electrons. The molecule has 1 nitrogen and oxygen atoms in total. The van der Waals surface area contributed by atoms with E-state index in [0.29, 0.717) is 0 Å². The molecule has 0 aliphatic heterocycles. The SMILES string of the molecule is CNCc1c(Cl)cccc1Sc1ccc(C)cc1. The largest absolute Gasteiger partial charge is 0.316 e. The van der Waals surface area contributed by atoms with E-state index in [-0.39, 0.29) is 0 Å². The van der Waals surface area contributed by atoms with Gasteiger partial charge in [-0.3, -0.25) is 0 Å². The third-order valence-corrected chi connectivity index (χ3v) is 4.14. The van der Waals surface area contributed by atoms with Crippen molar-refractivity contribution in [3.8, 4) is 0 Å². The van der Waals surface area contributed by atoms with Gasteiger partial charge in [0, 0.05) is 21.4 Å². The van der Waals surface area contributed by atoms with Crippen LogP contribution in [0.3, 0.4) is 0 Å². The quantitative estimate of drug-likeness (QED) is 0.882. The molecule has 0 fully saturated rings. The molecule has 0 saturated heterocycles. The highest BCUT2D eigenvalue weighted by Crippen LogP contribution is 2.33. The van der Waals surface area contributed by atoms with Gasteiger partial charge in [0.05, 0.1) is 0 Å². The molecule has 0 radical (unpaired) electrons. The highest BCUT2D eigenvalue weighted by molar-refractivity contribution is 7.99. The molecular formula is C15H16ClNS. The van der Waals surface area contributed by atoms with Crippen LogP contribution in [0.5, 0.6) is 0 Å². The minimum atomic E-state index is 0.786. The fourth-order valence-electron chi connectivity index (χ4n) is 1.72. The van der Waals surface area contributed by atoms with Crippen LogP contribution in [0.4, 0.5) is 0 Å². The minimum Gasteiger partial charge on any atom is -0.316 e. The van der Waals surface area contributed by atoms with Gasteiger partial charge in [-0.2, -0.15) is 0 Å². The zero-order chi connectivity index (χ0) is 13.0. The van der Waals surface area contributed by atoms with Crippen molar-refractivity contribution in [3.63, 3.8) is 0 Å². The van der Waals surface area contributed by atoms with E-state index < -0.39 is 0 Å². The second-order valence-electron chi connectivity index (χ2n) is 4.16. The summed E-state index contributed by atoms with van der Waals surface area (Å²) >= 11 is 8.00. The van der Waals surface area contributed by atoms with Crippen molar-refractivity contribution in [2.75, 3.05) is 7.05 Å². The van der Waals surface area contributed by atoms with Crippen molar-refractivity contribution in [2.45, 2.75) is 23.3 Å². The Labute approximate surface area is 118 Å². The lowest BCUT2D eigenvalue weighted by Gasteiger charge is -2.10. The van der Waals surface area contributed by atoms with Crippen molar-refractivity contribution in [1.82, 2.24) is 5.32 Å². The Balaban J connectivity index is 2.28. The summed E-state index contributed by atoms with van der Waals surface area (Å²) in [5.41, 5.74) is 2.44. The molecule has 1 N–H and O–H groups in total. The molecule has 0 atom stereocenters. The van der Waals surface area contributed by atoms with Gasteiger partial charge in [-0.25, -0.2) is 0 Å². The van der Waals surface area contributed by atoms with E-state index >= 15 is 0 Å². The first-order valence-electron chi connectivity index (χ1n) is 5.87. The van der Waals surface area contributed by atoms with Gasteiger partial charge in [-0.1, -0.05) is 47.1 Å². The Morgan fingerprint density at radius 3 is 2.50 bits per heavy atom. The third kappa shape index (κ3) is 3.29.